The second-order valence-electron chi connectivity index (χ2n) is 4.74. The maximum Gasteiger partial charge on any atom is 0.407 e. The first-order chi connectivity index (χ1) is 10.7. The maximum atomic E-state index is 11.7. The van der Waals surface area contributed by atoms with Crippen LogP contribution in [0.1, 0.15) is 11.3 Å². The molecule has 6 heteroatoms. The number of nitrogens with zero attached hydrogens (tertiary/aromatic N) is 2. The summed E-state index contributed by atoms with van der Waals surface area (Å²) in [6, 6.07) is 13.4. The van der Waals surface area contributed by atoms with E-state index >= 15 is 0 Å². The number of carbonyl (C=O) groups excluding carboxylic acids is 1. The van der Waals surface area contributed by atoms with E-state index in [0.29, 0.717) is 6.54 Å². The number of rotatable bonds is 4. The Morgan fingerprint density at radius 2 is 2.05 bits per heavy atom. The highest BCUT2D eigenvalue weighted by Crippen LogP contribution is 2.13. The van der Waals surface area contributed by atoms with Crippen LogP contribution in [0.4, 0.5) is 4.79 Å². The van der Waals surface area contributed by atoms with Gasteiger partial charge in [0.1, 0.15) is 12.3 Å². The number of halogens is 1. The molecule has 3 rings (SSSR count). The minimum absolute atomic E-state index is 0.255. The quantitative estimate of drug-likeness (QED) is 0.775. The summed E-state index contributed by atoms with van der Waals surface area (Å²) in [5.74, 6) is 0. The van der Waals surface area contributed by atoms with Crippen LogP contribution in [0.15, 0.2) is 59.3 Å². The Morgan fingerprint density at radius 1 is 1.23 bits per heavy atom. The fourth-order valence-electron chi connectivity index (χ4n) is 2.07. The van der Waals surface area contributed by atoms with Gasteiger partial charge in [0.25, 0.3) is 0 Å². The minimum Gasteiger partial charge on any atom is -0.445 e. The van der Waals surface area contributed by atoms with Gasteiger partial charge >= 0.3 is 6.09 Å². The predicted molar refractivity (Wildman–Crippen MR) is 86.4 cm³/mol. The van der Waals surface area contributed by atoms with Crippen molar-refractivity contribution < 1.29 is 9.53 Å². The van der Waals surface area contributed by atoms with Crippen LogP contribution in [0.25, 0.3) is 5.65 Å². The van der Waals surface area contributed by atoms with Crippen LogP contribution >= 0.6 is 15.9 Å². The van der Waals surface area contributed by atoms with E-state index < -0.39 is 6.09 Å². The SMILES string of the molecule is O=C(NCc1cnc2ccc(Br)cn12)OCc1ccccc1. The first-order valence-corrected chi connectivity index (χ1v) is 7.58. The number of benzene rings is 1. The lowest BCUT2D eigenvalue weighted by Crippen LogP contribution is -2.24. The van der Waals surface area contributed by atoms with Crippen molar-refractivity contribution in [2.75, 3.05) is 0 Å². The van der Waals surface area contributed by atoms with Gasteiger partial charge in [-0.2, -0.15) is 0 Å². The second kappa shape index (κ2) is 6.62. The third kappa shape index (κ3) is 3.46. The number of carbonyl (C=O) groups is 1. The number of hydrogen-bond donors (Lipinski definition) is 1. The van der Waals surface area contributed by atoms with Crippen LogP contribution in [0, 0.1) is 0 Å². The molecule has 2 heterocycles. The normalized spacial score (nSPS) is 10.6. The lowest BCUT2D eigenvalue weighted by atomic mass is 10.2. The Balaban J connectivity index is 1.57. The highest BCUT2D eigenvalue weighted by atomic mass is 79.9. The van der Waals surface area contributed by atoms with E-state index in [2.05, 4.69) is 26.2 Å². The lowest BCUT2D eigenvalue weighted by Gasteiger charge is -2.07. The van der Waals surface area contributed by atoms with Crippen molar-refractivity contribution in [1.82, 2.24) is 14.7 Å². The summed E-state index contributed by atoms with van der Waals surface area (Å²) < 4.78 is 8.04. The van der Waals surface area contributed by atoms with Gasteiger partial charge < -0.3 is 14.5 Å². The van der Waals surface area contributed by atoms with Crippen LogP contribution in [-0.2, 0) is 17.9 Å². The van der Waals surface area contributed by atoms with E-state index in [1.165, 1.54) is 0 Å². The first-order valence-electron chi connectivity index (χ1n) is 6.78. The molecule has 0 aliphatic carbocycles. The first kappa shape index (κ1) is 14.6. The number of amides is 1. The van der Waals surface area contributed by atoms with E-state index in [1.807, 2.05) is 53.1 Å². The monoisotopic (exact) mass is 359 g/mol. The third-order valence-corrected chi connectivity index (χ3v) is 3.64. The molecule has 0 aliphatic heterocycles. The number of ether oxygens (including phenoxy) is 1. The van der Waals surface area contributed by atoms with Gasteiger partial charge in [0, 0.05) is 10.7 Å². The summed E-state index contributed by atoms with van der Waals surface area (Å²) >= 11 is 3.42. The largest absolute Gasteiger partial charge is 0.445 e. The Morgan fingerprint density at radius 3 is 2.86 bits per heavy atom. The number of alkyl carbamates (subject to hydrolysis) is 1. The summed E-state index contributed by atoms with van der Waals surface area (Å²) in [7, 11) is 0. The number of aromatic nitrogens is 2. The minimum atomic E-state index is -0.450. The third-order valence-electron chi connectivity index (χ3n) is 3.17. The van der Waals surface area contributed by atoms with E-state index in [-0.39, 0.29) is 6.61 Å². The van der Waals surface area contributed by atoms with E-state index in [4.69, 9.17) is 4.74 Å². The molecule has 112 valence electrons. The van der Waals surface area contributed by atoms with Crippen LogP contribution in [0.3, 0.4) is 0 Å². The fourth-order valence-corrected chi connectivity index (χ4v) is 2.41. The molecular weight excluding hydrogens is 346 g/mol. The second-order valence-corrected chi connectivity index (χ2v) is 5.66. The van der Waals surface area contributed by atoms with Gasteiger partial charge in [-0.15, -0.1) is 0 Å². The zero-order valence-electron chi connectivity index (χ0n) is 11.7. The van der Waals surface area contributed by atoms with Gasteiger partial charge in [0.05, 0.1) is 18.4 Å². The predicted octanol–water partition coefficient (Wildman–Crippen LogP) is 3.52. The molecule has 1 amide bonds. The number of nitrogens with one attached hydrogen (secondary N) is 1. The van der Waals surface area contributed by atoms with Crippen LogP contribution in [0.5, 0.6) is 0 Å². The molecule has 0 aliphatic rings. The molecule has 0 fully saturated rings. The van der Waals surface area contributed by atoms with Crippen molar-refractivity contribution in [3.05, 3.63) is 70.6 Å². The molecule has 5 nitrogen and oxygen atoms in total. The number of imidazole rings is 1. The summed E-state index contributed by atoms with van der Waals surface area (Å²) in [5.41, 5.74) is 2.67. The van der Waals surface area contributed by atoms with Crippen LogP contribution in [-0.4, -0.2) is 15.5 Å². The van der Waals surface area contributed by atoms with Gasteiger partial charge in [-0.1, -0.05) is 30.3 Å². The zero-order chi connectivity index (χ0) is 15.4. The van der Waals surface area contributed by atoms with Crippen molar-refractivity contribution in [2.24, 2.45) is 0 Å². The molecule has 22 heavy (non-hydrogen) atoms. The molecule has 3 aromatic rings. The lowest BCUT2D eigenvalue weighted by molar-refractivity contribution is 0.139. The highest BCUT2D eigenvalue weighted by Gasteiger charge is 2.07. The number of hydrogen-bond acceptors (Lipinski definition) is 3. The van der Waals surface area contributed by atoms with Gasteiger partial charge in [-0.3, -0.25) is 0 Å². The van der Waals surface area contributed by atoms with E-state index in [1.54, 1.807) is 6.20 Å². The van der Waals surface area contributed by atoms with E-state index in [0.717, 1.165) is 21.4 Å². The number of pyridine rings is 1. The molecule has 1 N–H and O–H groups in total. The van der Waals surface area contributed by atoms with Gasteiger partial charge in [0.2, 0.25) is 0 Å². The average molecular weight is 360 g/mol. The fraction of sp³-hybridized carbons (Fsp3) is 0.125. The van der Waals surface area contributed by atoms with Crippen LogP contribution < -0.4 is 5.32 Å². The Bertz CT molecular complexity index is 786. The molecule has 0 saturated carbocycles. The molecular formula is C16H14BrN3O2. The van der Waals surface area contributed by atoms with E-state index in [9.17, 15) is 4.79 Å². The summed E-state index contributed by atoms with van der Waals surface area (Å²) in [5, 5.41) is 2.73. The molecule has 0 atom stereocenters. The number of fused-ring (bicyclic) bond motifs is 1. The molecule has 0 spiro atoms. The molecule has 0 radical (unpaired) electrons. The summed E-state index contributed by atoms with van der Waals surface area (Å²) in [4.78, 5) is 16.0. The molecule has 2 aromatic heterocycles. The van der Waals surface area contributed by atoms with Crippen molar-refractivity contribution in [1.29, 1.82) is 0 Å². The Hall–Kier alpha value is -2.34. The highest BCUT2D eigenvalue weighted by molar-refractivity contribution is 9.10. The van der Waals surface area contributed by atoms with Crippen LogP contribution in [0.2, 0.25) is 0 Å². The standard InChI is InChI=1S/C16H14BrN3O2/c17-13-6-7-15-18-8-14(20(15)10-13)9-19-16(21)22-11-12-4-2-1-3-5-12/h1-8,10H,9,11H2,(H,19,21). The summed E-state index contributed by atoms with van der Waals surface area (Å²) in [6.07, 6.45) is 3.20. The van der Waals surface area contributed by atoms with Crippen molar-refractivity contribution in [2.45, 2.75) is 13.2 Å². The van der Waals surface area contributed by atoms with Crippen molar-refractivity contribution >= 4 is 27.7 Å². The maximum absolute atomic E-state index is 11.7. The van der Waals surface area contributed by atoms with Gasteiger partial charge in [0.15, 0.2) is 0 Å². The average Bonchev–Trinajstić information content (AvgIpc) is 2.94. The topological polar surface area (TPSA) is 55.6 Å². The van der Waals surface area contributed by atoms with Crippen molar-refractivity contribution in [3.8, 4) is 0 Å². The molecule has 0 saturated heterocycles. The Kier molecular flexibility index (Phi) is 4.39. The molecule has 0 bridgehead atoms. The van der Waals surface area contributed by atoms with Gasteiger partial charge in [-0.25, -0.2) is 9.78 Å². The van der Waals surface area contributed by atoms with Gasteiger partial charge in [-0.05, 0) is 33.6 Å². The molecule has 1 aromatic carbocycles. The summed E-state index contributed by atoms with van der Waals surface area (Å²) in [6.45, 7) is 0.608. The molecule has 0 unspecified atom stereocenters. The zero-order valence-corrected chi connectivity index (χ0v) is 13.3. The Labute approximate surface area is 136 Å². The smallest absolute Gasteiger partial charge is 0.407 e. The van der Waals surface area contributed by atoms with Crippen molar-refractivity contribution in [3.63, 3.8) is 0 Å².